The SMILES string of the molecule is CCC(C(N)=S)S(=O)(=O)N1CCCCCCC1. The van der Waals surface area contributed by atoms with Crippen molar-refractivity contribution in [2.45, 2.75) is 50.7 Å². The summed E-state index contributed by atoms with van der Waals surface area (Å²) in [7, 11) is -3.35. The zero-order valence-corrected chi connectivity index (χ0v) is 12.0. The van der Waals surface area contributed by atoms with Crippen LogP contribution < -0.4 is 5.73 Å². The Kier molecular flexibility index (Phi) is 5.82. The second-order valence-electron chi connectivity index (χ2n) is 4.51. The third-order valence-corrected chi connectivity index (χ3v) is 6.05. The second kappa shape index (κ2) is 6.66. The maximum Gasteiger partial charge on any atom is 0.223 e. The van der Waals surface area contributed by atoms with Gasteiger partial charge in [0.1, 0.15) is 5.25 Å². The van der Waals surface area contributed by atoms with E-state index in [1.165, 1.54) is 6.42 Å². The first-order valence-corrected chi connectivity index (χ1v) is 8.19. The summed E-state index contributed by atoms with van der Waals surface area (Å²) in [6, 6.07) is 0. The number of sulfonamides is 1. The van der Waals surface area contributed by atoms with Gasteiger partial charge in [0, 0.05) is 13.1 Å². The van der Waals surface area contributed by atoms with Gasteiger partial charge in [-0.25, -0.2) is 12.7 Å². The summed E-state index contributed by atoms with van der Waals surface area (Å²) in [5.74, 6) is 0. The Morgan fingerprint density at radius 2 is 1.71 bits per heavy atom. The Hall–Kier alpha value is -0.200. The van der Waals surface area contributed by atoms with Crippen LogP contribution in [0.1, 0.15) is 45.4 Å². The molecule has 1 aliphatic rings. The summed E-state index contributed by atoms with van der Waals surface area (Å²) in [5.41, 5.74) is 5.54. The molecule has 1 aliphatic heterocycles. The highest BCUT2D eigenvalue weighted by molar-refractivity contribution is 7.92. The first-order valence-electron chi connectivity index (χ1n) is 6.28. The molecule has 0 amide bonds. The van der Waals surface area contributed by atoms with Crippen molar-refractivity contribution in [1.29, 1.82) is 0 Å². The molecular weight excluding hydrogens is 256 g/mol. The Balaban J connectivity index is 2.82. The molecule has 0 aromatic carbocycles. The minimum absolute atomic E-state index is 0.0922. The molecule has 0 aromatic heterocycles. The Morgan fingerprint density at radius 3 is 2.12 bits per heavy atom. The highest BCUT2D eigenvalue weighted by atomic mass is 32.2. The maximum absolute atomic E-state index is 12.4. The van der Waals surface area contributed by atoms with Gasteiger partial charge in [-0.1, -0.05) is 38.4 Å². The topological polar surface area (TPSA) is 63.4 Å². The van der Waals surface area contributed by atoms with E-state index in [4.69, 9.17) is 18.0 Å². The summed E-state index contributed by atoms with van der Waals surface area (Å²) < 4.78 is 26.3. The summed E-state index contributed by atoms with van der Waals surface area (Å²) in [6.07, 6.45) is 5.75. The van der Waals surface area contributed by atoms with Gasteiger partial charge >= 0.3 is 0 Å². The lowest BCUT2D eigenvalue weighted by atomic mass is 10.1. The zero-order valence-electron chi connectivity index (χ0n) is 10.4. The molecule has 0 saturated carbocycles. The summed E-state index contributed by atoms with van der Waals surface area (Å²) in [4.78, 5) is 0.0922. The van der Waals surface area contributed by atoms with Crippen molar-refractivity contribution in [2.75, 3.05) is 13.1 Å². The number of nitrogens with zero attached hydrogens (tertiary/aromatic N) is 1. The normalized spacial score (nSPS) is 21.5. The molecule has 100 valence electrons. The molecule has 0 bridgehead atoms. The smallest absolute Gasteiger partial charge is 0.223 e. The molecule has 6 heteroatoms. The van der Waals surface area contributed by atoms with E-state index in [0.717, 1.165) is 25.7 Å². The van der Waals surface area contributed by atoms with Crippen LogP contribution in [0.4, 0.5) is 0 Å². The van der Waals surface area contributed by atoms with Crippen molar-refractivity contribution in [2.24, 2.45) is 5.73 Å². The van der Waals surface area contributed by atoms with E-state index >= 15 is 0 Å². The van der Waals surface area contributed by atoms with E-state index < -0.39 is 15.3 Å². The van der Waals surface area contributed by atoms with Gasteiger partial charge in [0.15, 0.2) is 0 Å². The Morgan fingerprint density at radius 1 is 1.24 bits per heavy atom. The van der Waals surface area contributed by atoms with E-state index in [-0.39, 0.29) is 4.99 Å². The largest absolute Gasteiger partial charge is 0.392 e. The van der Waals surface area contributed by atoms with Crippen LogP contribution in [0.2, 0.25) is 0 Å². The highest BCUT2D eigenvalue weighted by Crippen LogP contribution is 2.18. The zero-order chi connectivity index (χ0) is 12.9. The third kappa shape index (κ3) is 3.89. The predicted octanol–water partition coefficient (Wildman–Crippen LogP) is 1.65. The Labute approximate surface area is 110 Å². The van der Waals surface area contributed by atoms with Crippen LogP contribution >= 0.6 is 12.2 Å². The van der Waals surface area contributed by atoms with Crippen molar-refractivity contribution in [3.05, 3.63) is 0 Å². The van der Waals surface area contributed by atoms with Crippen molar-refractivity contribution in [3.63, 3.8) is 0 Å². The lowest BCUT2D eigenvalue weighted by Gasteiger charge is -2.27. The minimum atomic E-state index is -3.35. The van der Waals surface area contributed by atoms with Crippen LogP contribution in [0.15, 0.2) is 0 Å². The molecule has 0 spiro atoms. The third-order valence-electron chi connectivity index (χ3n) is 3.22. The van der Waals surface area contributed by atoms with Crippen molar-refractivity contribution in [1.82, 2.24) is 4.31 Å². The molecule has 0 aromatic rings. The van der Waals surface area contributed by atoms with Gasteiger partial charge < -0.3 is 5.73 Å². The van der Waals surface area contributed by atoms with Crippen molar-refractivity contribution >= 4 is 27.2 Å². The number of rotatable bonds is 4. The van der Waals surface area contributed by atoms with E-state index in [2.05, 4.69) is 0 Å². The van der Waals surface area contributed by atoms with Crippen LogP contribution in [0, 0.1) is 0 Å². The van der Waals surface area contributed by atoms with E-state index in [0.29, 0.717) is 19.5 Å². The van der Waals surface area contributed by atoms with Crippen molar-refractivity contribution < 1.29 is 8.42 Å². The van der Waals surface area contributed by atoms with Crippen LogP contribution in [0.5, 0.6) is 0 Å². The fraction of sp³-hybridized carbons (Fsp3) is 0.909. The average Bonchev–Trinajstić information content (AvgIpc) is 2.15. The Bertz CT molecular complexity index is 346. The van der Waals surface area contributed by atoms with E-state index in [9.17, 15) is 8.42 Å². The summed E-state index contributed by atoms with van der Waals surface area (Å²) in [5, 5.41) is -0.697. The molecule has 1 unspecified atom stereocenters. The molecule has 0 aliphatic carbocycles. The van der Waals surface area contributed by atoms with Gasteiger partial charge in [0.05, 0.1) is 4.99 Å². The molecule has 1 atom stereocenters. The molecule has 1 rings (SSSR count). The molecule has 0 radical (unpaired) electrons. The molecule has 1 saturated heterocycles. The molecule has 1 fully saturated rings. The molecule has 2 N–H and O–H groups in total. The lowest BCUT2D eigenvalue weighted by Crippen LogP contribution is -2.45. The van der Waals surface area contributed by atoms with Gasteiger partial charge in [0.25, 0.3) is 0 Å². The predicted molar refractivity (Wildman–Crippen MR) is 74.4 cm³/mol. The second-order valence-corrected chi connectivity index (χ2v) is 7.10. The molecule has 17 heavy (non-hydrogen) atoms. The molecule has 1 heterocycles. The number of hydrogen-bond acceptors (Lipinski definition) is 3. The average molecular weight is 278 g/mol. The van der Waals surface area contributed by atoms with Gasteiger partial charge in [-0.15, -0.1) is 0 Å². The summed E-state index contributed by atoms with van der Waals surface area (Å²) in [6.45, 7) is 3.04. The fourth-order valence-corrected chi connectivity index (χ4v) is 4.58. The van der Waals surface area contributed by atoms with Crippen LogP contribution in [0.25, 0.3) is 0 Å². The van der Waals surface area contributed by atoms with Crippen LogP contribution in [-0.4, -0.2) is 36.1 Å². The standard InChI is InChI=1S/C11H22N2O2S2/c1-2-10(11(12)16)17(14,15)13-8-6-4-3-5-7-9-13/h10H,2-9H2,1H3,(H2,12,16). The van der Waals surface area contributed by atoms with Gasteiger partial charge in [-0.3, -0.25) is 0 Å². The van der Waals surface area contributed by atoms with Gasteiger partial charge in [0.2, 0.25) is 10.0 Å². The van der Waals surface area contributed by atoms with Gasteiger partial charge in [-0.05, 0) is 19.3 Å². The van der Waals surface area contributed by atoms with Gasteiger partial charge in [-0.2, -0.15) is 0 Å². The molecule has 4 nitrogen and oxygen atoms in total. The van der Waals surface area contributed by atoms with E-state index in [1.807, 2.05) is 6.92 Å². The first kappa shape index (κ1) is 14.9. The van der Waals surface area contributed by atoms with Crippen molar-refractivity contribution in [3.8, 4) is 0 Å². The fourth-order valence-electron chi connectivity index (χ4n) is 2.21. The minimum Gasteiger partial charge on any atom is -0.392 e. The van der Waals surface area contributed by atoms with Crippen LogP contribution in [0.3, 0.4) is 0 Å². The number of hydrogen-bond donors (Lipinski definition) is 1. The highest BCUT2D eigenvalue weighted by Gasteiger charge is 2.32. The first-order chi connectivity index (χ1) is 8.00. The number of nitrogens with two attached hydrogens (primary N) is 1. The van der Waals surface area contributed by atoms with E-state index in [1.54, 1.807) is 4.31 Å². The lowest BCUT2D eigenvalue weighted by molar-refractivity contribution is 0.362. The number of thiocarbonyl (C=S) groups is 1. The molecular formula is C11H22N2O2S2. The van der Waals surface area contributed by atoms with Crippen LogP contribution in [-0.2, 0) is 10.0 Å². The maximum atomic E-state index is 12.4. The quantitative estimate of drug-likeness (QED) is 0.794. The monoisotopic (exact) mass is 278 g/mol. The summed E-state index contributed by atoms with van der Waals surface area (Å²) >= 11 is 4.87.